The fraction of sp³-hybridized carbons (Fsp3) is 0.619. The molecule has 4 saturated carbocycles. The fourth-order valence-corrected chi connectivity index (χ4v) is 5.96. The summed E-state index contributed by atoms with van der Waals surface area (Å²) >= 11 is 0. The molecular formula is C21H27N3O5. The molecule has 156 valence electrons. The number of fused-ring (bicyclic) bond motifs is 1. The van der Waals surface area contributed by atoms with Gasteiger partial charge in [-0.2, -0.15) is 0 Å². The van der Waals surface area contributed by atoms with Gasteiger partial charge in [-0.25, -0.2) is 10.2 Å². The standard InChI is InChI=1S/C21H27N3O5/c1-12(29-16-2-3-17-18(7-16)28-11-27-17)19(25)23-24-20(26)22-21-8-13-4-14(9-21)6-15(5-13)10-21/h2-3,7,12-15H,4-6,8-11H2,1H3,(H,23,25)(H2,22,24,26). The van der Waals surface area contributed by atoms with Crippen molar-refractivity contribution >= 4 is 11.9 Å². The van der Waals surface area contributed by atoms with E-state index < -0.39 is 12.0 Å². The van der Waals surface area contributed by atoms with E-state index >= 15 is 0 Å². The summed E-state index contributed by atoms with van der Waals surface area (Å²) in [5.41, 5.74) is 4.85. The number of hydrogen-bond donors (Lipinski definition) is 3. The van der Waals surface area contributed by atoms with Crippen LogP contribution in [0.5, 0.6) is 17.2 Å². The summed E-state index contributed by atoms with van der Waals surface area (Å²) in [6.07, 6.45) is 6.34. The van der Waals surface area contributed by atoms with Crippen molar-refractivity contribution < 1.29 is 23.8 Å². The van der Waals surface area contributed by atoms with E-state index in [4.69, 9.17) is 14.2 Å². The van der Waals surface area contributed by atoms with Crippen molar-refractivity contribution in [2.24, 2.45) is 17.8 Å². The lowest BCUT2D eigenvalue weighted by molar-refractivity contribution is -0.128. The minimum absolute atomic E-state index is 0.0990. The van der Waals surface area contributed by atoms with Gasteiger partial charge in [-0.3, -0.25) is 10.2 Å². The van der Waals surface area contributed by atoms with Gasteiger partial charge in [-0.05, 0) is 75.3 Å². The van der Waals surface area contributed by atoms with E-state index in [2.05, 4.69) is 16.2 Å². The normalized spacial score (nSPS) is 31.8. The average molecular weight is 401 g/mol. The number of hydrogen-bond acceptors (Lipinski definition) is 5. The molecule has 1 aromatic rings. The molecule has 4 bridgehead atoms. The van der Waals surface area contributed by atoms with Gasteiger partial charge in [0.1, 0.15) is 5.75 Å². The number of benzene rings is 1. The second kappa shape index (κ2) is 7.00. The van der Waals surface area contributed by atoms with Gasteiger partial charge < -0.3 is 19.5 Å². The Morgan fingerprint density at radius 1 is 1.03 bits per heavy atom. The zero-order valence-corrected chi connectivity index (χ0v) is 16.5. The molecule has 8 heteroatoms. The Hall–Kier alpha value is -2.64. The first kappa shape index (κ1) is 18.4. The molecule has 5 aliphatic rings. The summed E-state index contributed by atoms with van der Waals surface area (Å²) in [6, 6.07) is 4.78. The van der Waals surface area contributed by atoms with Crippen LogP contribution in [0.1, 0.15) is 45.4 Å². The molecule has 4 aliphatic carbocycles. The van der Waals surface area contributed by atoms with Crippen LogP contribution < -0.4 is 30.4 Å². The summed E-state index contributed by atoms with van der Waals surface area (Å²) in [4.78, 5) is 24.7. The average Bonchev–Trinajstić information content (AvgIpc) is 3.12. The zero-order chi connectivity index (χ0) is 20.0. The Balaban J connectivity index is 1.11. The Morgan fingerprint density at radius 3 is 2.38 bits per heavy atom. The molecule has 1 heterocycles. The molecule has 0 aromatic heterocycles. The maximum Gasteiger partial charge on any atom is 0.333 e. The maximum absolute atomic E-state index is 12.4. The van der Waals surface area contributed by atoms with Gasteiger partial charge in [0, 0.05) is 11.6 Å². The number of rotatable bonds is 4. The Bertz CT molecular complexity index is 791. The molecule has 4 fully saturated rings. The number of nitrogens with one attached hydrogen (secondary N) is 3. The molecular weight excluding hydrogens is 374 g/mol. The summed E-state index contributed by atoms with van der Waals surface area (Å²) in [5, 5.41) is 3.16. The zero-order valence-electron chi connectivity index (χ0n) is 16.5. The summed E-state index contributed by atoms with van der Waals surface area (Å²) < 4.78 is 16.2. The van der Waals surface area contributed by atoms with Crippen molar-refractivity contribution in [2.45, 2.75) is 57.1 Å². The van der Waals surface area contributed by atoms with Crippen molar-refractivity contribution in [3.63, 3.8) is 0 Å². The molecule has 29 heavy (non-hydrogen) atoms. The molecule has 1 aromatic carbocycles. The van der Waals surface area contributed by atoms with Crippen LogP contribution in [0.4, 0.5) is 4.79 Å². The van der Waals surface area contributed by atoms with Crippen LogP contribution in [0.3, 0.4) is 0 Å². The van der Waals surface area contributed by atoms with E-state index in [1.807, 2.05) is 0 Å². The molecule has 0 saturated heterocycles. The molecule has 0 spiro atoms. The van der Waals surface area contributed by atoms with Crippen LogP contribution in [0.2, 0.25) is 0 Å². The quantitative estimate of drug-likeness (QED) is 0.674. The summed E-state index contributed by atoms with van der Waals surface area (Å²) in [5.74, 6) is 3.53. The predicted octanol–water partition coefficient (Wildman–Crippen LogP) is 2.48. The minimum Gasteiger partial charge on any atom is -0.481 e. The van der Waals surface area contributed by atoms with Crippen molar-refractivity contribution in [1.82, 2.24) is 16.2 Å². The van der Waals surface area contributed by atoms with Gasteiger partial charge in [0.25, 0.3) is 5.91 Å². The van der Waals surface area contributed by atoms with Gasteiger partial charge >= 0.3 is 6.03 Å². The van der Waals surface area contributed by atoms with Gasteiger partial charge in [0.15, 0.2) is 17.6 Å². The molecule has 1 atom stereocenters. The van der Waals surface area contributed by atoms with Gasteiger partial charge in [0.05, 0.1) is 0 Å². The van der Waals surface area contributed by atoms with Gasteiger partial charge in [-0.15, -0.1) is 0 Å². The van der Waals surface area contributed by atoms with E-state index in [0.29, 0.717) is 17.2 Å². The lowest BCUT2D eigenvalue weighted by Crippen LogP contribution is -2.63. The minimum atomic E-state index is -0.782. The van der Waals surface area contributed by atoms with Crippen LogP contribution in [0, 0.1) is 17.8 Å². The number of urea groups is 1. The first-order valence-corrected chi connectivity index (χ1v) is 10.4. The Kier molecular flexibility index (Phi) is 4.44. The third kappa shape index (κ3) is 3.68. The van der Waals surface area contributed by atoms with Crippen molar-refractivity contribution in [3.8, 4) is 17.2 Å². The third-order valence-corrected chi connectivity index (χ3v) is 6.74. The number of hydrazine groups is 1. The predicted molar refractivity (Wildman–Crippen MR) is 103 cm³/mol. The molecule has 3 N–H and O–H groups in total. The molecule has 1 unspecified atom stereocenters. The highest BCUT2D eigenvalue weighted by Gasteiger charge is 2.51. The Morgan fingerprint density at radius 2 is 1.69 bits per heavy atom. The Labute approximate surface area is 169 Å². The maximum atomic E-state index is 12.4. The van der Waals surface area contributed by atoms with Crippen molar-refractivity contribution in [3.05, 3.63) is 18.2 Å². The van der Waals surface area contributed by atoms with E-state index in [1.165, 1.54) is 19.3 Å². The fourth-order valence-electron chi connectivity index (χ4n) is 5.96. The highest BCUT2D eigenvalue weighted by molar-refractivity contribution is 5.84. The lowest BCUT2D eigenvalue weighted by Gasteiger charge is -2.56. The van der Waals surface area contributed by atoms with E-state index in [1.54, 1.807) is 25.1 Å². The van der Waals surface area contributed by atoms with E-state index in [9.17, 15) is 9.59 Å². The number of amides is 3. The first-order valence-electron chi connectivity index (χ1n) is 10.4. The number of carbonyl (C=O) groups excluding carboxylic acids is 2. The second-order valence-corrected chi connectivity index (χ2v) is 9.04. The lowest BCUT2D eigenvalue weighted by atomic mass is 9.53. The first-order chi connectivity index (χ1) is 14.0. The molecule has 3 amide bonds. The highest BCUT2D eigenvalue weighted by Crippen LogP contribution is 2.55. The summed E-state index contributed by atoms with van der Waals surface area (Å²) in [7, 11) is 0. The van der Waals surface area contributed by atoms with Crippen molar-refractivity contribution in [1.29, 1.82) is 0 Å². The largest absolute Gasteiger partial charge is 0.481 e. The van der Waals surface area contributed by atoms with E-state index in [-0.39, 0.29) is 18.4 Å². The highest BCUT2D eigenvalue weighted by atomic mass is 16.7. The van der Waals surface area contributed by atoms with Crippen LogP contribution in [-0.2, 0) is 4.79 Å². The SMILES string of the molecule is CC(Oc1ccc2c(c1)OCO2)C(=O)NNC(=O)NC12CC3CC(CC(C3)C1)C2. The number of carbonyl (C=O) groups is 2. The van der Waals surface area contributed by atoms with E-state index in [0.717, 1.165) is 37.0 Å². The second-order valence-electron chi connectivity index (χ2n) is 9.04. The monoisotopic (exact) mass is 401 g/mol. The smallest absolute Gasteiger partial charge is 0.333 e. The van der Waals surface area contributed by atoms with Crippen molar-refractivity contribution in [2.75, 3.05) is 6.79 Å². The van der Waals surface area contributed by atoms with Gasteiger partial charge in [0.2, 0.25) is 6.79 Å². The van der Waals surface area contributed by atoms with Crippen LogP contribution in [-0.4, -0.2) is 30.4 Å². The molecule has 6 rings (SSSR count). The van der Waals surface area contributed by atoms with Crippen LogP contribution in [0.15, 0.2) is 18.2 Å². The van der Waals surface area contributed by atoms with Crippen LogP contribution in [0.25, 0.3) is 0 Å². The molecule has 8 nitrogen and oxygen atoms in total. The molecule has 0 radical (unpaired) electrons. The number of ether oxygens (including phenoxy) is 3. The topological polar surface area (TPSA) is 97.9 Å². The summed E-state index contributed by atoms with van der Waals surface area (Å²) in [6.45, 7) is 1.80. The van der Waals surface area contributed by atoms with Gasteiger partial charge in [-0.1, -0.05) is 0 Å². The van der Waals surface area contributed by atoms with Crippen LogP contribution >= 0.6 is 0 Å². The third-order valence-electron chi connectivity index (χ3n) is 6.74. The molecule has 1 aliphatic heterocycles.